The van der Waals surface area contributed by atoms with Gasteiger partial charge in [0.05, 0.1) is 12.4 Å². The zero-order valence-corrected chi connectivity index (χ0v) is 11.5. The van der Waals surface area contributed by atoms with Crippen molar-refractivity contribution in [2.24, 2.45) is 0 Å². The number of hydrogen-bond acceptors (Lipinski definition) is 5. The number of carbonyl (C=O) groups is 1. The predicted octanol–water partition coefficient (Wildman–Crippen LogP) is 0.542. The molecule has 1 amide bonds. The number of likely N-dealkylation sites (N-methyl/N-ethyl adjacent to an activating group) is 2. The lowest BCUT2D eigenvalue weighted by molar-refractivity contribution is 0.0780. The summed E-state index contributed by atoms with van der Waals surface area (Å²) in [7, 11) is 5.72. The molecule has 1 heterocycles. The maximum atomic E-state index is 12.1. The van der Waals surface area contributed by atoms with Crippen molar-refractivity contribution in [2.45, 2.75) is 6.92 Å². The van der Waals surface area contributed by atoms with E-state index in [9.17, 15) is 4.79 Å². The number of nitrogens with zero attached hydrogens (tertiary/aromatic N) is 4. The Morgan fingerprint density at radius 3 is 2.61 bits per heavy atom. The fourth-order valence-corrected chi connectivity index (χ4v) is 1.38. The van der Waals surface area contributed by atoms with Crippen molar-refractivity contribution in [1.29, 1.82) is 0 Å². The molecule has 0 aliphatic rings. The SMILES string of the molecule is CCNc1cncc(C(=O)N(C)CCN(C)C)n1. The molecule has 18 heavy (non-hydrogen) atoms. The number of anilines is 1. The lowest BCUT2D eigenvalue weighted by atomic mass is 10.3. The quantitative estimate of drug-likeness (QED) is 0.799. The molecule has 0 saturated heterocycles. The Labute approximate surface area is 108 Å². The summed E-state index contributed by atoms with van der Waals surface area (Å²) < 4.78 is 0. The number of rotatable bonds is 6. The molecule has 0 atom stereocenters. The van der Waals surface area contributed by atoms with Gasteiger partial charge in [0.1, 0.15) is 11.5 Å². The van der Waals surface area contributed by atoms with E-state index in [1.165, 1.54) is 6.20 Å². The van der Waals surface area contributed by atoms with Crippen LogP contribution in [0.5, 0.6) is 0 Å². The van der Waals surface area contributed by atoms with Crippen molar-refractivity contribution in [3.8, 4) is 0 Å². The van der Waals surface area contributed by atoms with Crippen LogP contribution in [0.2, 0.25) is 0 Å². The minimum atomic E-state index is -0.107. The number of aromatic nitrogens is 2. The molecule has 0 spiro atoms. The number of carbonyl (C=O) groups excluding carboxylic acids is 1. The van der Waals surface area contributed by atoms with Gasteiger partial charge in [0.25, 0.3) is 5.91 Å². The first-order valence-electron chi connectivity index (χ1n) is 6.00. The molecule has 0 bridgehead atoms. The normalized spacial score (nSPS) is 10.5. The van der Waals surface area contributed by atoms with Gasteiger partial charge < -0.3 is 15.1 Å². The van der Waals surface area contributed by atoms with E-state index in [1.807, 2.05) is 25.9 Å². The second-order valence-corrected chi connectivity index (χ2v) is 4.35. The molecule has 0 aromatic carbocycles. The molecule has 1 aromatic heterocycles. The summed E-state index contributed by atoms with van der Waals surface area (Å²) in [6.45, 7) is 4.21. The lowest BCUT2D eigenvalue weighted by Gasteiger charge is -2.19. The fraction of sp³-hybridized carbons (Fsp3) is 0.583. The molecule has 6 heteroatoms. The van der Waals surface area contributed by atoms with Crippen LogP contribution in [0.15, 0.2) is 12.4 Å². The number of hydrogen-bond donors (Lipinski definition) is 1. The summed E-state index contributed by atoms with van der Waals surface area (Å²) in [4.78, 5) is 24.0. The van der Waals surface area contributed by atoms with Gasteiger partial charge in [0.15, 0.2) is 0 Å². The lowest BCUT2D eigenvalue weighted by Crippen LogP contribution is -2.34. The first-order valence-corrected chi connectivity index (χ1v) is 6.00. The molecule has 0 radical (unpaired) electrons. The fourth-order valence-electron chi connectivity index (χ4n) is 1.38. The average Bonchev–Trinajstić information content (AvgIpc) is 2.35. The molecule has 100 valence electrons. The van der Waals surface area contributed by atoms with Crippen LogP contribution in [0.25, 0.3) is 0 Å². The van der Waals surface area contributed by atoms with Gasteiger partial charge in [-0.1, -0.05) is 0 Å². The standard InChI is InChI=1S/C12H21N5O/c1-5-14-11-9-13-8-10(15-11)12(18)17(4)7-6-16(2)3/h8-9H,5-7H2,1-4H3,(H,14,15). The van der Waals surface area contributed by atoms with Crippen LogP contribution in [0.4, 0.5) is 5.82 Å². The minimum absolute atomic E-state index is 0.107. The van der Waals surface area contributed by atoms with Crippen LogP contribution in [-0.4, -0.2) is 66.5 Å². The number of amides is 1. The van der Waals surface area contributed by atoms with Crippen LogP contribution in [0, 0.1) is 0 Å². The molecule has 1 rings (SSSR count). The zero-order valence-electron chi connectivity index (χ0n) is 11.5. The van der Waals surface area contributed by atoms with Crippen LogP contribution < -0.4 is 5.32 Å². The Bertz CT molecular complexity index is 394. The molecule has 0 aliphatic heterocycles. The Morgan fingerprint density at radius 2 is 2.00 bits per heavy atom. The van der Waals surface area contributed by atoms with E-state index in [0.717, 1.165) is 13.1 Å². The summed E-state index contributed by atoms with van der Waals surface area (Å²) in [5.74, 6) is 0.522. The van der Waals surface area contributed by atoms with Gasteiger partial charge >= 0.3 is 0 Å². The molecule has 0 saturated carbocycles. The summed E-state index contributed by atoms with van der Waals surface area (Å²) in [5.41, 5.74) is 0.370. The van der Waals surface area contributed by atoms with E-state index < -0.39 is 0 Å². The second kappa shape index (κ2) is 6.90. The van der Waals surface area contributed by atoms with E-state index in [0.29, 0.717) is 18.1 Å². The van der Waals surface area contributed by atoms with Crippen LogP contribution in [0.1, 0.15) is 17.4 Å². The van der Waals surface area contributed by atoms with E-state index in [2.05, 4.69) is 15.3 Å². The largest absolute Gasteiger partial charge is 0.369 e. The predicted molar refractivity (Wildman–Crippen MR) is 71.7 cm³/mol. The molecule has 0 fully saturated rings. The smallest absolute Gasteiger partial charge is 0.273 e. The Balaban J connectivity index is 2.67. The first-order chi connectivity index (χ1) is 8.54. The van der Waals surface area contributed by atoms with E-state index in [-0.39, 0.29) is 5.91 Å². The monoisotopic (exact) mass is 251 g/mol. The van der Waals surface area contributed by atoms with Gasteiger partial charge in [-0.25, -0.2) is 4.98 Å². The highest BCUT2D eigenvalue weighted by Gasteiger charge is 2.14. The van der Waals surface area contributed by atoms with Crippen LogP contribution in [-0.2, 0) is 0 Å². The second-order valence-electron chi connectivity index (χ2n) is 4.35. The van der Waals surface area contributed by atoms with Gasteiger partial charge in [-0.2, -0.15) is 0 Å². The summed E-state index contributed by atoms with van der Waals surface area (Å²) in [6, 6.07) is 0. The number of nitrogens with one attached hydrogen (secondary N) is 1. The Kier molecular flexibility index (Phi) is 5.51. The van der Waals surface area contributed by atoms with Crippen molar-refractivity contribution in [3.63, 3.8) is 0 Å². The third-order valence-corrected chi connectivity index (χ3v) is 2.44. The molecular formula is C12H21N5O. The maximum Gasteiger partial charge on any atom is 0.273 e. The summed E-state index contributed by atoms with van der Waals surface area (Å²) in [5, 5.41) is 3.04. The van der Waals surface area contributed by atoms with E-state index in [4.69, 9.17) is 0 Å². The van der Waals surface area contributed by atoms with Gasteiger partial charge in [0, 0.05) is 26.7 Å². The van der Waals surface area contributed by atoms with Crippen LogP contribution in [0.3, 0.4) is 0 Å². The topological polar surface area (TPSA) is 61.4 Å². The van der Waals surface area contributed by atoms with Crippen molar-refractivity contribution >= 4 is 11.7 Å². The van der Waals surface area contributed by atoms with Crippen molar-refractivity contribution < 1.29 is 4.79 Å². The molecule has 0 unspecified atom stereocenters. The van der Waals surface area contributed by atoms with Gasteiger partial charge in [-0.05, 0) is 21.0 Å². The molecule has 6 nitrogen and oxygen atoms in total. The van der Waals surface area contributed by atoms with Gasteiger partial charge in [-0.3, -0.25) is 9.78 Å². The van der Waals surface area contributed by atoms with Crippen molar-refractivity contribution in [1.82, 2.24) is 19.8 Å². The Hall–Kier alpha value is -1.69. The summed E-state index contributed by atoms with van der Waals surface area (Å²) in [6.07, 6.45) is 3.11. The minimum Gasteiger partial charge on any atom is -0.369 e. The molecule has 1 aromatic rings. The maximum absolute atomic E-state index is 12.1. The molecule has 0 aliphatic carbocycles. The average molecular weight is 251 g/mol. The highest BCUT2D eigenvalue weighted by molar-refractivity contribution is 5.92. The zero-order chi connectivity index (χ0) is 13.5. The van der Waals surface area contributed by atoms with E-state index >= 15 is 0 Å². The van der Waals surface area contributed by atoms with Crippen molar-refractivity contribution in [3.05, 3.63) is 18.1 Å². The third kappa shape index (κ3) is 4.29. The van der Waals surface area contributed by atoms with Crippen molar-refractivity contribution in [2.75, 3.05) is 46.1 Å². The highest BCUT2D eigenvalue weighted by Crippen LogP contribution is 2.04. The Morgan fingerprint density at radius 1 is 1.28 bits per heavy atom. The first kappa shape index (κ1) is 14.4. The molecule has 1 N–H and O–H groups in total. The highest BCUT2D eigenvalue weighted by atomic mass is 16.2. The molecular weight excluding hydrogens is 230 g/mol. The van der Waals surface area contributed by atoms with Gasteiger partial charge in [0.2, 0.25) is 0 Å². The van der Waals surface area contributed by atoms with Gasteiger partial charge in [-0.15, -0.1) is 0 Å². The van der Waals surface area contributed by atoms with Crippen LogP contribution >= 0.6 is 0 Å². The third-order valence-electron chi connectivity index (χ3n) is 2.44. The van der Waals surface area contributed by atoms with E-state index in [1.54, 1.807) is 18.1 Å². The summed E-state index contributed by atoms with van der Waals surface area (Å²) >= 11 is 0.